The second-order valence-corrected chi connectivity index (χ2v) is 10.3. The van der Waals surface area contributed by atoms with E-state index in [-0.39, 0.29) is 5.56 Å². The summed E-state index contributed by atoms with van der Waals surface area (Å²) < 4.78 is 29.5. The van der Waals surface area contributed by atoms with Crippen molar-refractivity contribution in [3.63, 3.8) is 0 Å². The number of aromatic nitrogens is 2. The van der Waals surface area contributed by atoms with E-state index in [2.05, 4.69) is 5.10 Å². The van der Waals surface area contributed by atoms with Gasteiger partial charge in [0, 0.05) is 37.3 Å². The molecule has 9 heteroatoms. The monoisotopic (exact) mass is 472 g/mol. The molecule has 0 amide bonds. The molecule has 0 radical (unpaired) electrons. The van der Waals surface area contributed by atoms with Crippen LogP contribution in [0.1, 0.15) is 17.5 Å². The van der Waals surface area contributed by atoms with Crippen molar-refractivity contribution >= 4 is 27.4 Å². The normalized spacial score (nSPS) is 15.5. The Morgan fingerprint density at radius 3 is 2.41 bits per heavy atom. The van der Waals surface area contributed by atoms with Gasteiger partial charge < -0.3 is 4.90 Å². The highest BCUT2D eigenvalue weighted by molar-refractivity contribution is 7.89. The Hall–Kier alpha value is -2.68. The third-order valence-corrected chi connectivity index (χ3v) is 7.89. The maximum atomic E-state index is 13.3. The Balaban J connectivity index is 1.57. The smallest absolute Gasteiger partial charge is 0.271 e. The molecular weight excluding hydrogens is 448 g/mol. The van der Waals surface area contributed by atoms with Gasteiger partial charge in [-0.15, -0.1) is 5.10 Å². The number of halogens is 1. The predicted molar refractivity (Wildman–Crippen MR) is 126 cm³/mol. The van der Waals surface area contributed by atoms with Gasteiger partial charge in [-0.25, -0.2) is 8.42 Å². The number of rotatable bonds is 4. The van der Waals surface area contributed by atoms with E-state index in [0.717, 1.165) is 11.1 Å². The van der Waals surface area contributed by atoms with Gasteiger partial charge in [0.05, 0.1) is 10.6 Å². The number of sulfonamides is 1. The molecule has 3 aromatic rings. The number of hydrogen-bond acceptors (Lipinski definition) is 5. The van der Waals surface area contributed by atoms with Gasteiger partial charge in [-0.3, -0.25) is 4.79 Å². The minimum absolute atomic E-state index is 0.245. The van der Waals surface area contributed by atoms with Crippen LogP contribution < -0.4 is 10.5 Å². The van der Waals surface area contributed by atoms with Crippen LogP contribution >= 0.6 is 11.6 Å². The van der Waals surface area contributed by atoms with Crippen molar-refractivity contribution in [2.75, 3.05) is 31.1 Å². The molecule has 4 rings (SSSR count). The van der Waals surface area contributed by atoms with Crippen LogP contribution in [0.2, 0.25) is 5.02 Å². The van der Waals surface area contributed by atoms with Crippen LogP contribution in [-0.2, 0) is 10.0 Å². The lowest BCUT2D eigenvalue weighted by Gasteiger charge is -2.23. The zero-order chi connectivity index (χ0) is 22.9. The highest BCUT2D eigenvalue weighted by atomic mass is 35.5. The van der Waals surface area contributed by atoms with Gasteiger partial charge in [-0.05, 0) is 67.8 Å². The quantitative estimate of drug-likeness (QED) is 0.581. The molecule has 0 atom stereocenters. The summed E-state index contributed by atoms with van der Waals surface area (Å²) in [5.41, 5.74) is 2.04. The average molecular weight is 473 g/mol. The third-order valence-electron chi connectivity index (χ3n) is 5.60. The molecule has 0 N–H and O–H groups in total. The van der Waals surface area contributed by atoms with Crippen molar-refractivity contribution in [3.05, 3.63) is 81.1 Å². The predicted octanol–water partition coefficient (Wildman–Crippen LogP) is 3.40. The van der Waals surface area contributed by atoms with E-state index < -0.39 is 10.0 Å². The van der Waals surface area contributed by atoms with E-state index in [4.69, 9.17) is 11.6 Å². The van der Waals surface area contributed by atoms with Crippen molar-refractivity contribution in [3.8, 4) is 5.69 Å². The summed E-state index contributed by atoms with van der Waals surface area (Å²) in [6.45, 7) is 5.62. The van der Waals surface area contributed by atoms with Crippen LogP contribution in [-0.4, -0.2) is 48.7 Å². The van der Waals surface area contributed by atoms with Gasteiger partial charge >= 0.3 is 0 Å². The number of hydrogen-bond donors (Lipinski definition) is 0. The summed E-state index contributed by atoms with van der Waals surface area (Å²) in [5.74, 6) is 0.630. The van der Waals surface area contributed by atoms with Crippen LogP contribution in [0.4, 0.5) is 5.82 Å². The number of anilines is 1. The summed E-state index contributed by atoms with van der Waals surface area (Å²) in [7, 11) is -3.59. The largest absolute Gasteiger partial charge is 0.354 e. The number of benzene rings is 2. The Kier molecular flexibility index (Phi) is 6.37. The second-order valence-electron chi connectivity index (χ2n) is 7.93. The minimum atomic E-state index is -3.59. The average Bonchev–Trinajstić information content (AvgIpc) is 3.03. The molecule has 0 bridgehead atoms. The topological polar surface area (TPSA) is 75.5 Å². The number of nitrogens with zero attached hydrogens (tertiary/aromatic N) is 4. The lowest BCUT2D eigenvalue weighted by Crippen LogP contribution is -2.36. The molecule has 0 unspecified atom stereocenters. The number of aryl methyl sites for hydroxylation is 2. The fourth-order valence-electron chi connectivity index (χ4n) is 3.82. The van der Waals surface area contributed by atoms with Gasteiger partial charge in [0.25, 0.3) is 5.56 Å². The van der Waals surface area contributed by atoms with E-state index in [9.17, 15) is 13.2 Å². The van der Waals surface area contributed by atoms with Gasteiger partial charge in [-0.1, -0.05) is 23.7 Å². The first-order valence-electron chi connectivity index (χ1n) is 10.4. The molecule has 0 saturated carbocycles. The van der Waals surface area contributed by atoms with E-state index in [0.29, 0.717) is 54.0 Å². The minimum Gasteiger partial charge on any atom is -0.354 e. The highest BCUT2D eigenvalue weighted by Gasteiger charge is 2.28. The molecule has 0 spiro atoms. The summed E-state index contributed by atoms with van der Waals surface area (Å²) in [4.78, 5) is 14.7. The Bertz CT molecular complexity index is 1290. The van der Waals surface area contributed by atoms with Crippen molar-refractivity contribution in [2.45, 2.75) is 25.2 Å². The Morgan fingerprint density at radius 1 is 0.906 bits per heavy atom. The van der Waals surface area contributed by atoms with Crippen molar-refractivity contribution < 1.29 is 8.42 Å². The standard InChI is InChI=1S/C23H25ClN4O3S/c1-17-4-5-18(2)21(16-17)32(30,31)27-13-3-12-26(14-15-27)22-10-11-23(29)28(25-22)20-8-6-19(24)7-9-20/h4-11,16H,3,12-15H2,1-2H3. The molecular formula is C23H25ClN4O3S. The highest BCUT2D eigenvalue weighted by Crippen LogP contribution is 2.23. The van der Waals surface area contributed by atoms with Crippen LogP contribution in [0.3, 0.4) is 0 Å². The fraction of sp³-hybridized carbons (Fsp3) is 0.304. The van der Waals surface area contributed by atoms with Crippen molar-refractivity contribution in [1.29, 1.82) is 0 Å². The fourth-order valence-corrected chi connectivity index (χ4v) is 5.73. The maximum Gasteiger partial charge on any atom is 0.271 e. The summed E-state index contributed by atoms with van der Waals surface area (Å²) in [5, 5.41) is 5.11. The molecule has 1 fully saturated rings. The van der Waals surface area contributed by atoms with Crippen LogP contribution in [0.5, 0.6) is 0 Å². The maximum absolute atomic E-state index is 13.3. The molecule has 1 aromatic heterocycles. The first-order chi connectivity index (χ1) is 15.3. The van der Waals surface area contributed by atoms with Crippen molar-refractivity contribution in [2.24, 2.45) is 0 Å². The first-order valence-corrected chi connectivity index (χ1v) is 12.3. The Labute approximate surface area is 192 Å². The van der Waals surface area contributed by atoms with E-state index >= 15 is 0 Å². The molecule has 1 aliphatic rings. The molecule has 168 valence electrons. The molecule has 2 heterocycles. The van der Waals surface area contributed by atoms with E-state index in [1.165, 1.54) is 10.7 Å². The Morgan fingerprint density at radius 2 is 1.66 bits per heavy atom. The van der Waals surface area contributed by atoms with E-state index in [1.54, 1.807) is 40.7 Å². The van der Waals surface area contributed by atoms with Crippen LogP contribution in [0.25, 0.3) is 5.69 Å². The molecule has 0 aliphatic carbocycles. The summed E-state index contributed by atoms with van der Waals surface area (Å²) in [6, 6.07) is 15.5. The first kappa shape index (κ1) is 22.5. The molecule has 32 heavy (non-hydrogen) atoms. The zero-order valence-corrected chi connectivity index (χ0v) is 19.6. The van der Waals surface area contributed by atoms with Crippen LogP contribution in [0.15, 0.2) is 64.3 Å². The molecule has 7 nitrogen and oxygen atoms in total. The summed E-state index contributed by atoms with van der Waals surface area (Å²) >= 11 is 5.95. The van der Waals surface area contributed by atoms with E-state index in [1.807, 2.05) is 30.9 Å². The summed E-state index contributed by atoms with van der Waals surface area (Å²) in [6.07, 6.45) is 0.659. The molecule has 1 saturated heterocycles. The molecule has 1 aliphatic heterocycles. The van der Waals surface area contributed by atoms with Gasteiger partial charge in [0.2, 0.25) is 10.0 Å². The van der Waals surface area contributed by atoms with Gasteiger partial charge in [-0.2, -0.15) is 8.99 Å². The van der Waals surface area contributed by atoms with Crippen molar-refractivity contribution in [1.82, 2.24) is 14.1 Å². The van der Waals surface area contributed by atoms with Crippen LogP contribution in [0, 0.1) is 13.8 Å². The zero-order valence-electron chi connectivity index (χ0n) is 18.0. The van der Waals surface area contributed by atoms with Gasteiger partial charge in [0.15, 0.2) is 0 Å². The second kappa shape index (κ2) is 9.05. The lowest BCUT2D eigenvalue weighted by molar-refractivity contribution is 0.432. The molecule has 2 aromatic carbocycles. The van der Waals surface area contributed by atoms with Gasteiger partial charge in [0.1, 0.15) is 5.82 Å². The third kappa shape index (κ3) is 4.57. The SMILES string of the molecule is Cc1ccc(C)c(S(=O)(=O)N2CCCN(c3ccc(=O)n(-c4ccc(Cl)cc4)n3)CC2)c1. The lowest BCUT2D eigenvalue weighted by atomic mass is 10.2.